The second-order valence-electron chi connectivity index (χ2n) is 5.23. The summed E-state index contributed by atoms with van der Waals surface area (Å²) in [5, 5.41) is 13.0. The molecule has 2 N–H and O–H groups in total. The van der Waals surface area contributed by atoms with Crippen LogP contribution in [0.3, 0.4) is 0 Å². The number of aliphatic hydroxyl groups excluding tert-OH is 1. The van der Waals surface area contributed by atoms with Gasteiger partial charge in [-0.3, -0.25) is 0 Å². The van der Waals surface area contributed by atoms with E-state index in [0.717, 1.165) is 12.3 Å². The molecule has 0 saturated heterocycles. The Morgan fingerprint density at radius 2 is 1.89 bits per heavy atom. The molecule has 19 heavy (non-hydrogen) atoms. The molecule has 106 valence electrons. The van der Waals surface area contributed by atoms with Crippen molar-refractivity contribution < 1.29 is 9.84 Å². The monoisotopic (exact) mass is 263 g/mol. The summed E-state index contributed by atoms with van der Waals surface area (Å²) < 4.78 is 5.60. The molecular formula is C16H25NO2. The summed E-state index contributed by atoms with van der Waals surface area (Å²) in [5.74, 6) is 0.820. The van der Waals surface area contributed by atoms with Crippen LogP contribution in [0.4, 0.5) is 0 Å². The second-order valence-corrected chi connectivity index (χ2v) is 5.23. The van der Waals surface area contributed by atoms with Crippen LogP contribution in [-0.2, 0) is 0 Å². The summed E-state index contributed by atoms with van der Waals surface area (Å²) >= 11 is 0. The molecule has 0 saturated carbocycles. The van der Waals surface area contributed by atoms with Crippen molar-refractivity contribution in [2.24, 2.45) is 0 Å². The first-order valence-electron chi connectivity index (χ1n) is 6.70. The van der Waals surface area contributed by atoms with Crippen LogP contribution < -0.4 is 10.1 Å². The largest absolute Gasteiger partial charge is 0.491 e. The van der Waals surface area contributed by atoms with Crippen molar-refractivity contribution in [3.63, 3.8) is 0 Å². The summed E-state index contributed by atoms with van der Waals surface area (Å²) in [6.45, 7) is 9.82. The highest BCUT2D eigenvalue weighted by molar-refractivity contribution is 5.32. The predicted octanol–water partition coefficient (Wildman–Crippen LogP) is 2.60. The Morgan fingerprint density at radius 1 is 1.26 bits per heavy atom. The van der Waals surface area contributed by atoms with Crippen molar-refractivity contribution in [2.45, 2.75) is 33.8 Å². The fraction of sp³-hybridized carbons (Fsp3) is 0.500. The first-order chi connectivity index (χ1) is 8.97. The minimum atomic E-state index is -0.494. The first kappa shape index (κ1) is 15.7. The van der Waals surface area contributed by atoms with Gasteiger partial charge in [0.25, 0.3) is 0 Å². The highest BCUT2D eigenvalue weighted by atomic mass is 16.5. The minimum absolute atomic E-state index is 0.310. The fourth-order valence-corrected chi connectivity index (χ4v) is 1.79. The Bertz CT molecular complexity index is 403. The smallest absolute Gasteiger partial charge is 0.119 e. The molecule has 0 aliphatic heterocycles. The van der Waals surface area contributed by atoms with Gasteiger partial charge in [-0.25, -0.2) is 0 Å². The van der Waals surface area contributed by atoms with Gasteiger partial charge in [0.1, 0.15) is 18.5 Å². The highest BCUT2D eigenvalue weighted by Crippen LogP contribution is 2.16. The Hall–Kier alpha value is -1.32. The second kappa shape index (κ2) is 7.97. The highest BCUT2D eigenvalue weighted by Gasteiger charge is 2.05. The molecule has 0 aliphatic rings. The van der Waals surface area contributed by atoms with E-state index < -0.39 is 6.10 Å². The molecular weight excluding hydrogens is 238 g/mol. The zero-order chi connectivity index (χ0) is 14.3. The van der Waals surface area contributed by atoms with Crippen molar-refractivity contribution in [1.82, 2.24) is 5.32 Å². The van der Waals surface area contributed by atoms with Crippen LogP contribution in [0.1, 0.15) is 25.0 Å². The number of allylic oxidation sites excluding steroid dienone is 1. The van der Waals surface area contributed by atoms with E-state index in [1.807, 2.05) is 26.0 Å². The molecule has 0 spiro atoms. The molecule has 3 heteroatoms. The predicted molar refractivity (Wildman–Crippen MR) is 79.7 cm³/mol. The third-order valence-corrected chi connectivity index (χ3v) is 2.67. The summed E-state index contributed by atoms with van der Waals surface area (Å²) in [4.78, 5) is 0. The molecule has 0 amide bonds. The Labute approximate surface area is 116 Å². The number of benzene rings is 1. The number of rotatable bonds is 7. The lowest BCUT2D eigenvalue weighted by Crippen LogP contribution is -2.31. The van der Waals surface area contributed by atoms with Crippen molar-refractivity contribution in [3.8, 4) is 5.75 Å². The van der Waals surface area contributed by atoms with E-state index in [-0.39, 0.29) is 0 Å². The summed E-state index contributed by atoms with van der Waals surface area (Å²) in [6, 6.07) is 6.07. The maximum Gasteiger partial charge on any atom is 0.119 e. The Morgan fingerprint density at radius 3 is 2.47 bits per heavy atom. The van der Waals surface area contributed by atoms with Crippen molar-refractivity contribution in [2.75, 3.05) is 19.7 Å². The standard InChI is InChI=1S/C16H25NO2/c1-12(2)5-6-17-10-15(18)11-19-16-8-13(3)7-14(4)9-16/h5,7-9,15,17-18H,6,10-11H2,1-4H3. The maximum absolute atomic E-state index is 9.81. The van der Waals surface area contributed by atoms with E-state index in [1.54, 1.807) is 0 Å². The molecule has 1 aromatic rings. The molecule has 0 aliphatic carbocycles. The fourth-order valence-electron chi connectivity index (χ4n) is 1.79. The van der Waals surface area contributed by atoms with Gasteiger partial charge in [-0.2, -0.15) is 0 Å². The normalized spacial score (nSPS) is 12.1. The molecule has 1 aromatic carbocycles. The lowest BCUT2D eigenvalue weighted by molar-refractivity contribution is 0.107. The molecule has 0 radical (unpaired) electrons. The van der Waals surface area contributed by atoms with Crippen LogP contribution in [0.5, 0.6) is 5.75 Å². The topological polar surface area (TPSA) is 41.5 Å². The lowest BCUT2D eigenvalue weighted by Gasteiger charge is -2.13. The molecule has 0 aromatic heterocycles. The molecule has 3 nitrogen and oxygen atoms in total. The Kier molecular flexibility index (Phi) is 6.60. The van der Waals surface area contributed by atoms with Crippen molar-refractivity contribution >= 4 is 0 Å². The molecule has 0 fully saturated rings. The number of nitrogens with one attached hydrogen (secondary N) is 1. The van der Waals surface area contributed by atoms with Crippen molar-refractivity contribution in [1.29, 1.82) is 0 Å². The van der Waals surface area contributed by atoms with Crippen LogP contribution in [-0.4, -0.2) is 30.9 Å². The third kappa shape index (κ3) is 6.99. The average Bonchev–Trinajstić information content (AvgIpc) is 2.31. The maximum atomic E-state index is 9.81. The number of aliphatic hydroxyl groups is 1. The molecule has 0 heterocycles. The number of hydrogen-bond donors (Lipinski definition) is 2. The van der Waals surface area contributed by atoms with Gasteiger partial charge in [-0.15, -0.1) is 0 Å². The van der Waals surface area contributed by atoms with Gasteiger partial charge < -0.3 is 15.2 Å². The van der Waals surface area contributed by atoms with E-state index in [1.165, 1.54) is 16.7 Å². The van der Waals surface area contributed by atoms with E-state index >= 15 is 0 Å². The molecule has 1 unspecified atom stereocenters. The van der Waals surface area contributed by atoms with Crippen LogP contribution in [0, 0.1) is 13.8 Å². The molecule has 1 atom stereocenters. The van der Waals surface area contributed by atoms with Gasteiger partial charge in [0, 0.05) is 13.1 Å². The summed E-state index contributed by atoms with van der Waals surface area (Å²) in [7, 11) is 0. The summed E-state index contributed by atoms with van der Waals surface area (Å²) in [6.07, 6.45) is 1.60. The number of ether oxygens (including phenoxy) is 1. The molecule has 0 bridgehead atoms. The SMILES string of the molecule is CC(C)=CCNCC(O)COc1cc(C)cc(C)c1. The third-order valence-electron chi connectivity index (χ3n) is 2.67. The quantitative estimate of drug-likeness (QED) is 0.587. The lowest BCUT2D eigenvalue weighted by atomic mass is 10.1. The zero-order valence-corrected chi connectivity index (χ0v) is 12.4. The van der Waals surface area contributed by atoms with Gasteiger partial charge in [0.2, 0.25) is 0 Å². The van der Waals surface area contributed by atoms with Gasteiger partial charge in [-0.05, 0) is 51.0 Å². The van der Waals surface area contributed by atoms with Gasteiger partial charge >= 0.3 is 0 Å². The Balaban J connectivity index is 2.29. The van der Waals surface area contributed by atoms with Gasteiger partial charge in [-0.1, -0.05) is 17.7 Å². The van der Waals surface area contributed by atoms with Gasteiger partial charge in [0.15, 0.2) is 0 Å². The number of hydrogen-bond acceptors (Lipinski definition) is 3. The van der Waals surface area contributed by atoms with Crippen LogP contribution >= 0.6 is 0 Å². The van der Waals surface area contributed by atoms with Crippen LogP contribution in [0.25, 0.3) is 0 Å². The molecule has 1 rings (SSSR count). The van der Waals surface area contributed by atoms with Crippen LogP contribution in [0.15, 0.2) is 29.8 Å². The van der Waals surface area contributed by atoms with Gasteiger partial charge in [0.05, 0.1) is 0 Å². The summed E-state index contributed by atoms with van der Waals surface area (Å²) in [5.41, 5.74) is 3.62. The average molecular weight is 263 g/mol. The van der Waals surface area contributed by atoms with E-state index in [2.05, 4.69) is 31.3 Å². The minimum Gasteiger partial charge on any atom is -0.491 e. The first-order valence-corrected chi connectivity index (χ1v) is 6.70. The van der Waals surface area contributed by atoms with E-state index in [0.29, 0.717) is 13.2 Å². The van der Waals surface area contributed by atoms with E-state index in [9.17, 15) is 5.11 Å². The number of aryl methyl sites for hydroxylation is 2. The van der Waals surface area contributed by atoms with Crippen molar-refractivity contribution in [3.05, 3.63) is 41.0 Å². The van der Waals surface area contributed by atoms with Crippen LogP contribution in [0.2, 0.25) is 0 Å². The van der Waals surface area contributed by atoms with E-state index in [4.69, 9.17) is 4.74 Å². The zero-order valence-electron chi connectivity index (χ0n) is 12.4.